The van der Waals surface area contributed by atoms with Crippen LogP contribution in [0.2, 0.25) is 0 Å². The molecular formula is C9H7F3OS. The van der Waals surface area contributed by atoms with Gasteiger partial charge in [-0.2, -0.15) is 13.2 Å². The molecule has 0 amide bonds. The van der Waals surface area contributed by atoms with Crippen LogP contribution in [0.3, 0.4) is 0 Å². The Morgan fingerprint density at radius 2 is 1.86 bits per heavy atom. The highest BCUT2D eigenvalue weighted by atomic mass is 32.1. The van der Waals surface area contributed by atoms with Gasteiger partial charge >= 0.3 is 6.18 Å². The quantitative estimate of drug-likeness (QED) is 0.568. The van der Waals surface area contributed by atoms with E-state index in [-0.39, 0.29) is 10.5 Å². The summed E-state index contributed by atoms with van der Waals surface area (Å²) in [7, 11) is 0. The van der Waals surface area contributed by atoms with E-state index < -0.39 is 17.5 Å². The Kier molecular flexibility index (Phi) is 2.89. The molecule has 0 atom stereocenters. The van der Waals surface area contributed by atoms with Crippen LogP contribution in [0.4, 0.5) is 13.2 Å². The molecule has 0 aromatic heterocycles. The average Bonchev–Trinajstić information content (AvgIpc) is 2.01. The van der Waals surface area contributed by atoms with Gasteiger partial charge in [-0.15, -0.1) is 12.6 Å². The Morgan fingerprint density at radius 3 is 2.29 bits per heavy atom. The molecule has 0 saturated carbocycles. The topological polar surface area (TPSA) is 17.1 Å². The number of halogens is 3. The third-order valence-electron chi connectivity index (χ3n) is 1.65. The lowest BCUT2D eigenvalue weighted by Gasteiger charge is -2.08. The lowest BCUT2D eigenvalue weighted by Crippen LogP contribution is -2.06. The van der Waals surface area contributed by atoms with Crippen molar-refractivity contribution in [3.8, 4) is 0 Å². The SMILES string of the molecule is CC(=O)c1cc(S)cc(C(F)(F)F)c1. The van der Waals surface area contributed by atoms with Crippen LogP contribution in [0.15, 0.2) is 23.1 Å². The molecule has 0 N–H and O–H groups in total. The molecule has 1 nitrogen and oxygen atoms in total. The molecule has 0 fully saturated rings. The van der Waals surface area contributed by atoms with Crippen molar-refractivity contribution in [1.29, 1.82) is 0 Å². The Balaban J connectivity index is 3.28. The van der Waals surface area contributed by atoms with Crippen LogP contribution in [0, 0.1) is 0 Å². The first-order valence-corrected chi connectivity index (χ1v) is 4.17. The minimum Gasteiger partial charge on any atom is -0.295 e. The van der Waals surface area contributed by atoms with E-state index in [1.165, 1.54) is 13.0 Å². The summed E-state index contributed by atoms with van der Waals surface area (Å²) in [4.78, 5) is 11.0. The maximum absolute atomic E-state index is 12.3. The van der Waals surface area contributed by atoms with Gasteiger partial charge in [0.2, 0.25) is 0 Å². The molecule has 0 radical (unpaired) electrons. The number of hydrogen-bond donors (Lipinski definition) is 1. The van der Waals surface area contributed by atoms with E-state index in [0.29, 0.717) is 0 Å². The van der Waals surface area contributed by atoms with E-state index in [9.17, 15) is 18.0 Å². The van der Waals surface area contributed by atoms with Crippen LogP contribution >= 0.6 is 12.6 Å². The van der Waals surface area contributed by atoms with Crippen molar-refractivity contribution >= 4 is 18.4 Å². The fourth-order valence-electron chi connectivity index (χ4n) is 0.978. The third kappa shape index (κ3) is 2.51. The molecule has 0 aliphatic rings. The number of thiol groups is 1. The van der Waals surface area contributed by atoms with Gasteiger partial charge in [-0.1, -0.05) is 0 Å². The van der Waals surface area contributed by atoms with E-state index in [2.05, 4.69) is 12.6 Å². The predicted molar refractivity (Wildman–Crippen MR) is 48.7 cm³/mol. The molecule has 14 heavy (non-hydrogen) atoms. The standard InChI is InChI=1S/C9H7F3OS/c1-5(13)6-2-7(9(10,11)12)4-8(14)3-6/h2-4,14H,1H3. The number of carbonyl (C=O) groups excluding carboxylic acids is 1. The summed E-state index contributed by atoms with van der Waals surface area (Å²) in [6.07, 6.45) is -4.44. The molecule has 0 aliphatic heterocycles. The van der Waals surface area contributed by atoms with Crippen molar-refractivity contribution in [2.24, 2.45) is 0 Å². The fraction of sp³-hybridized carbons (Fsp3) is 0.222. The second kappa shape index (κ2) is 3.65. The van der Waals surface area contributed by atoms with Gasteiger partial charge in [0, 0.05) is 10.5 Å². The zero-order valence-corrected chi connectivity index (χ0v) is 8.12. The summed E-state index contributed by atoms with van der Waals surface area (Å²) < 4.78 is 36.8. The van der Waals surface area contributed by atoms with Gasteiger partial charge in [0.1, 0.15) is 0 Å². The van der Waals surface area contributed by atoms with E-state index >= 15 is 0 Å². The van der Waals surface area contributed by atoms with Crippen LogP contribution in [-0.4, -0.2) is 5.78 Å². The van der Waals surface area contributed by atoms with Gasteiger partial charge in [-0.3, -0.25) is 4.79 Å². The van der Waals surface area contributed by atoms with Crippen molar-refractivity contribution in [2.75, 3.05) is 0 Å². The number of alkyl halides is 3. The van der Waals surface area contributed by atoms with Crippen LogP contribution < -0.4 is 0 Å². The minimum absolute atomic E-state index is 0.0184. The summed E-state index contributed by atoms with van der Waals surface area (Å²) in [5.74, 6) is -0.411. The van der Waals surface area contributed by atoms with Crippen LogP contribution in [-0.2, 0) is 6.18 Å². The van der Waals surface area contributed by atoms with Crippen LogP contribution in [0.5, 0.6) is 0 Å². The highest BCUT2D eigenvalue weighted by molar-refractivity contribution is 7.80. The maximum Gasteiger partial charge on any atom is 0.416 e. The van der Waals surface area contributed by atoms with Gasteiger partial charge in [-0.25, -0.2) is 0 Å². The van der Waals surface area contributed by atoms with Crippen molar-refractivity contribution < 1.29 is 18.0 Å². The Morgan fingerprint density at radius 1 is 1.29 bits per heavy atom. The summed E-state index contributed by atoms with van der Waals surface area (Å²) in [6.45, 7) is 1.21. The Labute approximate surface area is 84.3 Å². The van der Waals surface area contributed by atoms with E-state index in [0.717, 1.165) is 12.1 Å². The van der Waals surface area contributed by atoms with Crippen LogP contribution in [0.25, 0.3) is 0 Å². The molecule has 5 heteroatoms. The molecular weight excluding hydrogens is 213 g/mol. The van der Waals surface area contributed by atoms with Gasteiger partial charge in [0.25, 0.3) is 0 Å². The Hall–Kier alpha value is -0.970. The first kappa shape index (κ1) is 11.1. The summed E-state index contributed by atoms with van der Waals surface area (Å²) in [5.41, 5.74) is -0.833. The first-order chi connectivity index (χ1) is 6.30. The van der Waals surface area contributed by atoms with E-state index in [1.807, 2.05) is 0 Å². The summed E-state index contributed by atoms with van der Waals surface area (Å²) in [6, 6.07) is 3.01. The average molecular weight is 220 g/mol. The molecule has 1 aromatic carbocycles. The molecule has 0 aliphatic carbocycles. The molecule has 1 rings (SSSR count). The minimum atomic E-state index is -4.44. The maximum atomic E-state index is 12.3. The van der Waals surface area contributed by atoms with Gasteiger partial charge < -0.3 is 0 Å². The molecule has 0 unspecified atom stereocenters. The van der Waals surface area contributed by atoms with Crippen molar-refractivity contribution in [2.45, 2.75) is 18.0 Å². The number of benzene rings is 1. The second-order valence-electron chi connectivity index (χ2n) is 2.82. The van der Waals surface area contributed by atoms with Crippen molar-refractivity contribution in [3.05, 3.63) is 29.3 Å². The van der Waals surface area contributed by atoms with Crippen molar-refractivity contribution in [3.63, 3.8) is 0 Å². The smallest absolute Gasteiger partial charge is 0.295 e. The lowest BCUT2D eigenvalue weighted by atomic mass is 10.1. The van der Waals surface area contributed by atoms with Gasteiger partial charge in [-0.05, 0) is 25.1 Å². The van der Waals surface area contributed by atoms with Crippen molar-refractivity contribution in [1.82, 2.24) is 0 Å². The largest absolute Gasteiger partial charge is 0.416 e. The van der Waals surface area contributed by atoms with E-state index in [4.69, 9.17) is 0 Å². The fourth-order valence-corrected chi connectivity index (χ4v) is 1.26. The molecule has 0 heterocycles. The summed E-state index contributed by atoms with van der Waals surface area (Å²) in [5, 5.41) is 0. The highest BCUT2D eigenvalue weighted by Gasteiger charge is 2.31. The second-order valence-corrected chi connectivity index (χ2v) is 3.34. The molecule has 0 saturated heterocycles. The van der Waals surface area contributed by atoms with Gasteiger partial charge in [0.05, 0.1) is 5.56 Å². The molecule has 76 valence electrons. The molecule has 0 bridgehead atoms. The first-order valence-electron chi connectivity index (χ1n) is 3.73. The summed E-state index contributed by atoms with van der Waals surface area (Å²) >= 11 is 3.80. The number of rotatable bonds is 1. The predicted octanol–water partition coefficient (Wildman–Crippen LogP) is 3.20. The normalized spacial score (nSPS) is 11.5. The number of ketones is 1. The molecule has 1 aromatic rings. The Bertz CT molecular complexity index is 371. The molecule has 0 spiro atoms. The number of carbonyl (C=O) groups is 1. The highest BCUT2D eigenvalue weighted by Crippen LogP contribution is 2.31. The third-order valence-corrected chi connectivity index (χ3v) is 1.91. The number of Topliss-reactive ketones (excluding diaryl/α,β-unsaturated/α-hetero) is 1. The zero-order chi connectivity index (χ0) is 10.9. The lowest BCUT2D eigenvalue weighted by molar-refractivity contribution is -0.137. The monoisotopic (exact) mass is 220 g/mol. The zero-order valence-electron chi connectivity index (χ0n) is 7.22. The van der Waals surface area contributed by atoms with Crippen LogP contribution in [0.1, 0.15) is 22.8 Å². The van der Waals surface area contributed by atoms with Gasteiger partial charge in [0.15, 0.2) is 5.78 Å². The number of hydrogen-bond acceptors (Lipinski definition) is 2. The van der Waals surface area contributed by atoms with E-state index in [1.54, 1.807) is 0 Å².